The smallest absolute Gasteiger partial charge is 0.417 e. The third-order valence-electron chi connectivity index (χ3n) is 6.39. The summed E-state index contributed by atoms with van der Waals surface area (Å²) in [4.78, 5) is 25.4. The van der Waals surface area contributed by atoms with Crippen molar-refractivity contribution in [2.75, 3.05) is 26.6 Å². The molecule has 0 aliphatic rings. The SMILES string of the molecule is COc1ccc(/C=C/C(O)=CC(=O)/C=C/c2ccc(OC(C)(C)C(=O)Nc3ccc(C#N)c(C(F)(F)F)c3)c(OC)c2)cc1OC. The van der Waals surface area contributed by atoms with Crippen LogP contribution in [0.2, 0.25) is 0 Å². The molecule has 3 aromatic carbocycles. The van der Waals surface area contributed by atoms with Crippen molar-refractivity contribution in [3.63, 3.8) is 0 Å². The number of methoxy groups -OCH3 is 3. The van der Waals surface area contributed by atoms with Gasteiger partial charge in [0.2, 0.25) is 0 Å². The van der Waals surface area contributed by atoms with Crippen LogP contribution in [0, 0.1) is 11.3 Å². The molecule has 12 heteroatoms. The number of halogens is 3. The number of carbonyl (C=O) groups is 2. The van der Waals surface area contributed by atoms with E-state index in [9.17, 15) is 27.9 Å². The molecule has 0 heterocycles. The number of nitrogens with zero attached hydrogens (tertiary/aromatic N) is 1. The average Bonchev–Trinajstić information content (AvgIpc) is 3.02. The Balaban J connectivity index is 1.69. The summed E-state index contributed by atoms with van der Waals surface area (Å²) in [6.07, 6.45) is 1.93. The fourth-order valence-corrected chi connectivity index (χ4v) is 3.99. The Hall–Kier alpha value is -5.70. The van der Waals surface area contributed by atoms with Gasteiger partial charge in [-0.25, -0.2) is 0 Å². The van der Waals surface area contributed by atoms with E-state index in [0.29, 0.717) is 28.7 Å². The van der Waals surface area contributed by atoms with Crippen LogP contribution < -0.4 is 24.3 Å². The first-order valence-corrected chi connectivity index (χ1v) is 13.5. The van der Waals surface area contributed by atoms with Gasteiger partial charge in [0.05, 0.1) is 38.5 Å². The molecular weight excluding hydrogens is 605 g/mol. The molecule has 0 unspecified atom stereocenters. The van der Waals surface area contributed by atoms with Crippen LogP contribution in [0.5, 0.6) is 23.0 Å². The number of alkyl halides is 3. The number of hydrogen-bond acceptors (Lipinski definition) is 8. The van der Waals surface area contributed by atoms with E-state index in [1.165, 1.54) is 71.6 Å². The third-order valence-corrected chi connectivity index (χ3v) is 6.39. The molecule has 0 fully saturated rings. The van der Waals surface area contributed by atoms with Crippen molar-refractivity contribution in [1.29, 1.82) is 5.26 Å². The lowest BCUT2D eigenvalue weighted by atomic mass is 10.1. The normalized spacial score (nSPS) is 12.1. The lowest BCUT2D eigenvalue weighted by molar-refractivity contribution is -0.137. The largest absolute Gasteiger partial charge is 0.508 e. The molecule has 240 valence electrons. The van der Waals surface area contributed by atoms with E-state index in [-0.39, 0.29) is 22.9 Å². The van der Waals surface area contributed by atoms with Gasteiger partial charge in [0, 0.05) is 11.8 Å². The highest BCUT2D eigenvalue weighted by atomic mass is 19.4. The minimum absolute atomic E-state index is 0.153. The number of ether oxygens (including phenoxy) is 4. The highest BCUT2D eigenvalue weighted by Gasteiger charge is 2.35. The van der Waals surface area contributed by atoms with Crippen LogP contribution in [0.3, 0.4) is 0 Å². The molecule has 0 aliphatic heterocycles. The summed E-state index contributed by atoms with van der Waals surface area (Å²) in [6, 6.07) is 14.1. The summed E-state index contributed by atoms with van der Waals surface area (Å²) in [5.41, 5.74) is -2.24. The molecule has 0 bridgehead atoms. The summed E-state index contributed by atoms with van der Waals surface area (Å²) in [5, 5.41) is 21.5. The van der Waals surface area contributed by atoms with Crippen molar-refractivity contribution in [1.82, 2.24) is 0 Å². The van der Waals surface area contributed by atoms with Crippen molar-refractivity contribution >= 4 is 29.5 Å². The zero-order valence-electron chi connectivity index (χ0n) is 25.6. The number of amides is 1. The molecule has 3 aromatic rings. The number of hydrogen-bond donors (Lipinski definition) is 2. The molecule has 0 spiro atoms. The standard InChI is InChI=1S/C34H31F3N2O7/c1-33(2,32(42)39-24-11-10-23(20-38)27(18-24)34(35,36)37)46-29-15-9-22(17-31(29)45-5)7-13-26(41)19-25(40)12-6-21-8-14-28(43-3)30(16-21)44-4/h6-19,40H,1-5H3,(H,39,42)/b12-6+,13-7+,25-19?. The van der Waals surface area contributed by atoms with Gasteiger partial charge >= 0.3 is 6.18 Å². The monoisotopic (exact) mass is 636 g/mol. The Bertz CT molecular complexity index is 1740. The Morgan fingerprint density at radius 3 is 1.96 bits per heavy atom. The molecule has 0 saturated heterocycles. The lowest BCUT2D eigenvalue weighted by Crippen LogP contribution is -2.42. The van der Waals surface area contributed by atoms with Crippen molar-refractivity contribution in [3.8, 4) is 29.1 Å². The van der Waals surface area contributed by atoms with Crippen LogP contribution in [0.15, 0.2) is 78.6 Å². The number of allylic oxidation sites excluding steroid dienone is 3. The number of aliphatic hydroxyl groups is 1. The van der Waals surface area contributed by atoms with Crippen LogP contribution in [-0.4, -0.2) is 43.7 Å². The van der Waals surface area contributed by atoms with Crippen LogP contribution >= 0.6 is 0 Å². The van der Waals surface area contributed by atoms with Crippen molar-refractivity contribution in [2.24, 2.45) is 0 Å². The van der Waals surface area contributed by atoms with Crippen LogP contribution in [-0.2, 0) is 15.8 Å². The first kappa shape index (κ1) is 34.8. The number of rotatable bonds is 12. The van der Waals surface area contributed by atoms with E-state index < -0.39 is 34.6 Å². The van der Waals surface area contributed by atoms with Gasteiger partial charge in [-0.1, -0.05) is 24.3 Å². The van der Waals surface area contributed by atoms with E-state index in [1.807, 2.05) is 0 Å². The van der Waals surface area contributed by atoms with Gasteiger partial charge in [0.25, 0.3) is 5.91 Å². The van der Waals surface area contributed by atoms with Crippen molar-refractivity contribution < 1.29 is 46.8 Å². The first-order chi connectivity index (χ1) is 21.7. The minimum atomic E-state index is -4.79. The van der Waals surface area contributed by atoms with Gasteiger partial charge in [-0.2, -0.15) is 18.4 Å². The second kappa shape index (κ2) is 14.9. The number of ketones is 1. The summed E-state index contributed by atoms with van der Waals surface area (Å²) in [5.74, 6) is -0.101. The Morgan fingerprint density at radius 2 is 1.39 bits per heavy atom. The van der Waals surface area contributed by atoms with E-state index in [2.05, 4.69) is 5.32 Å². The Kier molecular flexibility index (Phi) is 11.2. The molecule has 46 heavy (non-hydrogen) atoms. The van der Waals surface area contributed by atoms with E-state index in [1.54, 1.807) is 36.4 Å². The van der Waals surface area contributed by atoms with Gasteiger partial charge < -0.3 is 29.4 Å². The van der Waals surface area contributed by atoms with Gasteiger partial charge in [0.15, 0.2) is 34.4 Å². The van der Waals surface area contributed by atoms with Crippen LogP contribution in [0.1, 0.15) is 36.1 Å². The Morgan fingerprint density at radius 1 is 0.826 bits per heavy atom. The number of nitriles is 1. The average molecular weight is 637 g/mol. The molecule has 0 atom stereocenters. The zero-order valence-corrected chi connectivity index (χ0v) is 25.6. The Labute approximate surface area is 263 Å². The van der Waals surface area contributed by atoms with Crippen molar-refractivity contribution in [2.45, 2.75) is 25.6 Å². The summed E-state index contributed by atoms with van der Waals surface area (Å²) < 4.78 is 61.7. The summed E-state index contributed by atoms with van der Waals surface area (Å²) in [6.45, 7) is 2.84. The van der Waals surface area contributed by atoms with Gasteiger partial charge in [-0.05, 0) is 79.6 Å². The summed E-state index contributed by atoms with van der Waals surface area (Å²) in [7, 11) is 4.39. The first-order valence-electron chi connectivity index (χ1n) is 13.5. The van der Waals surface area contributed by atoms with E-state index >= 15 is 0 Å². The highest BCUT2D eigenvalue weighted by Crippen LogP contribution is 2.35. The fraction of sp³-hybridized carbons (Fsp3) is 0.206. The number of nitrogens with one attached hydrogen (secondary N) is 1. The quantitative estimate of drug-likeness (QED) is 0.122. The minimum Gasteiger partial charge on any atom is -0.508 e. The maximum absolute atomic E-state index is 13.3. The molecule has 3 rings (SSSR count). The van der Waals surface area contributed by atoms with Gasteiger partial charge in [-0.15, -0.1) is 0 Å². The summed E-state index contributed by atoms with van der Waals surface area (Å²) >= 11 is 0. The van der Waals surface area contributed by atoms with Crippen LogP contribution in [0.4, 0.5) is 18.9 Å². The number of anilines is 1. The van der Waals surface area contributed by atoms with Gasteiger partial charge in [0.1, 0.15) is 5.76 Å². The molecule has 0 radical (unpaired) electrons. The lowest BCUT2D eigenvalue weighted by Gasteiger charge is -2.26. The fourth-order valence-electron chi connectivity index (χ4n) is 3.99. The van der Waals surface area contributed by atoms with Crippen molar-refractivity contribution in [3.05, 3.63) is 101 Å². The molecule has 0 aromatic heterocycles. The molecule has 2 N–H and O–H groups in total. The van der Waals surface area contributed by atoms with Crippen LogP contribution in [0.25, 0.3) is 12.2 Å². The zero-order chi connectivity index (χ0) is 34.1. The number of aliphatic hydroxyl groups excluding tert-OH is 1. The second-order valence-electron chi connectivity index (χ2n) is 10.1. The highest BCUT2D eigenvalue weighted by molar-refractivity contribution is 6.02. The predicted octanol–water partition coefficient (Wildman–Crippen LogP) is 7.14. The van der Waals surface area contributed by atoms with Gasteiger partial charge in [-0.3, -0.25) is 9.59 Å². The number of benzene rings is 3. The molecular formula is C34H31F3N2O7. The second-order valence-corrected chi connectivity index (χ2v) is 10.1. The van der Waals surface area contributed by atoms with E-state index in [0.717, 1.165) is 12.1 Å². The third kappa shape index (κ3) is 9.15. The molecule has 0 saturated carbocycles. The molecule has 0 aliphatic carbocycles. The molecule has 9 nitrogen and oxygen atoms in total. The predicted molar refractivity (Wildman–Crippen MR) is 166 cm³/mol. The van der Waals surface area contributed by atoms with E-state index in [4.69, 9.17) is 24.2 Å². The number of carbonyl (C=O) groups excluding carboxylic acids is 2. The molecule has 1 amide bonds. The topological polar surface area (TPSA) is 127 Å². The maximum atomic E-state index is 13.3. The maximum Gasteiger partial charge on any atom is 0.417 e.